The van der Waals surface area contributed by atoms with Crippen LogP contribution in [-0.4, -0.2) is 32.1 Å². The summed E-state index contributed by atoms with van der Waals surface area (Å²) in [5.74, 6) is 1.61. The number of amides is 1. The van der Waals surface area contributed by atoms with Crippen LogP contribution in [0.3, 0.4) is 0 Å². The number of primary amides is 1. The van der Waals surface area contributed by atoms with Gasteiger partial charge in [0.2, 0.25) is 5.91 Å². The Balaban J connectivity index is 1.75. The van der Waals surface area contributed by atoms with Gasteiger partial charge in [-0.15, -0.1) is 0 Å². The molecule has 3 rings (SSSR count). The highest BCUT2D eigenvalue weighted by Gasteiger charge is 2.13. The van der Waals surface area contributed by atoms with Crippen LogP contribution < -0.4 is 21.1 Å². The van der Waals surface area contributed by atoms with Crippen molar-refractivity contribution in [2.75, 3.05) is 26.2 Å². The molecule has 0 spiro atoms. The topological polar surface area (TPSA) is 76.4 Å². The molecular formula is C25H33N3O2. The summed E-state index contributed by atoms with van der Waals surface area (Å²) in [6.07, 6.45) is 5.18. The molecule has 2 aromatic carbocycles. The minimum absolute atomic E-state index is 0.421. The van der Waals surface area contributed by atoms with Crippen LogP contribution in [0, 0.1) is 11.8 Å². The predicted octanol–water partition coefficient (Wildman–Crippen LogP) is 3.69. The number of nitrogens with two attached hydrogens (primary N) is 1. The fraction of sp³-hybridized carbons (Fsp3) is 0.400. The molecule has 160 valence electrons. The Bertz CT molecular complexity index is 870. The van der Waals surface area contributed by atoms with Gasteiger partial charge in [-0.1, -0.05) is 50.3 Å². The van der Waals surface area contributed by atoms with Crippen LogP contribution in [-0.2, 0) is 6.54 Å². The van der Waals surface area contributed by atoms with Gasteiger partial charge in [0.15, 0.2) is 0 Å². The molecular weight excluding hydrogens is 374 g/mol. The van der Waals surface area contributed by atoms with Crippen LogP contribution in [0.2, 0.25) is 0 Å². The van der Waals surface area contributed by atoms with Crippen LogP contribution >= 0.6 is 0 Å². The largest absolute Gasteiger partial charge is 0.493 e. The second-order valence-electron chi connectivity index (χ2n) is 8.39. The fourth-order valence-electron chi connectivity index (χ4n) is 3.59. The Morgan fingerprint density at radius 1 is 1.27 bits per heavy atom. The number of carbonyl (C=O) groups is 1. The smallest absolute Gasteiger partial charge is 0.249 e. The summed E-state index contributed by atoms with van der Waals surface area (Å²) in [7, 11) is 0. The molecule has 0 saturated carbocycles. The standard InChI is InChI=1S/C25H33N3O2/c1-18(2)17-30-23-12-19(7-8-22-5-3-4-6-24(22)25(26)29)11-21(13-23)16-28-15-20-9-10-27-14-20/h3-8,11-13,18,20,27-28H,9-10,14-17H2,1-2H3,(H2,26,29)/b8-7+. The fourth-order valence-corrected chi connectivity index (χ4v) is 3.59. The van der Waals surface area contributed by atoms with E-state index in [2.05, 4.69) is 36.6 Å². The lowest BCUT2D eigenvalue weighted by Gasteiger charge is -2.13. The molecule has 5 heteroatoms. The van der Waals surface area contributed by atoms with Crippen LogP contribution in [0.5, 0.6) is 5.75 Å². The van der Waals surface area contributed by atoms with Gasteiger partial charge in [-0.3, -0.25) is 4.79 Å². The van der Waals surface area contributed by atoms with Gasteiger partial charge in [0, 0.05) is 12.1 Å². The molecule has 1 amide bonds. The van der Waals surface area contributed by atoms with Crippen LogP contribution in [0.15, 0.2) is 42.5 Å². The number of carbonyl (C=O) groups excluding carboxylic acids is 1. The zero-order valence-electron chi connectivity index (χ0n) is 18.0. The number of nitrogens with one attached hydrogen (secondary N) is 2. The van der Waals surface area contributed by atoms with Gasteiger partial charge >= 0.3 is 0 Å². The van der Waals surface area contributed by atoms with E-state index in [4.69, 9.17) is 10.5 Å². The maximum absolute atomic E-state index is 11.7. The maximum Gasteiger partial charge on any atom is 0.249 e. The summed E-state index contributed by atoms with van der Waals surface area (Å²) >= 11 is 0. The van der Waals surface area contributed by atoms with E-state index >= 15 is 0 Å². The van der Waals surface area contributed by atoms with Gasteiger partial charge in [0.05, 0.1) is 6.61 Å². The molecule has 1 fully saturated rings. The van der Waals surface area contributed by atoms with Crippen molar-refractivity contribution in [1.29, 1.82) is 0 Å². The Morgan fingerprint density at radius 2 is 2.10 bits per heavy atom. The molecule has 0 aromatic heterocycles. The van der Waals surface area contributed by atoms with Crippen LogP contribution in [0.1, 0.15) is 47.3 Å². The first-order chi connectivity index (χ1) is 14.5. The molecule has 0 aliphatic carbocycles. The van der Waals surface area contributed by atoms with Gasteiger partial charge in [-0.25, -0.2) is 0 Å². The number of ether oxygens (including phenoxy) is 1. The van der Waals surface area contributed by atoms with Crippen molar-refractivity contribution < 1.29 is 9.53 Å². The second-order valence-corrected chi connectivity index (χ2v) is 8.39. The highest BCUT2D eigenvalue weighted by atomic mass is 16.5. The number of hydrogen-bond donors (Lipinski definition) is 3. The highest BCUT2D eigenvalue weighted by molar-refractivity contribution is 5.97. The third-order valence-corrected chi connectivity index (χ3v) is 5.18. The number of rotatable bonds is 10. The summed E-state index contributed by atoms with van der Waals surface area (Å²) in [4.78, 5) is 11.7. The normalized spacial score (nSPS) is 16.4. The Labute approximate surface area is 179 Å². The Hall–Kier alpha value is -2.63. The molecule has 30 heavy (non-hydrogen) atoms. The molecule has 5 nitrogen and oxygen atoms in total. The molecule has 0 bridgehead atoms. The molecule has 2 aromatic rings. The average molecular weight is 408 g/mol. The van der Waals surface area contributed by atoms with Crippen molar-refractivity contribution in [1.82, 2.24) is 10.6 Å². The number of hydrogen-bond acceptors (Lipinski definition) is 4. The molecule has 1 saturated heterocycles. The van der Waals surface area contributed by atoms with Gasteiger partial charge in [-0.05, 0) is 72.8 Å². The third kappa shape index (κ3) is 6.71. The highest BCUT2D eigenvalue weighted by Crippen LogP contribution is 2.21. The predicted molar refractivity (Wildman–Crippen MR) is 123 cm³/mol. The van der Waals surface area contributed by atoms with Crippen molar-refractivity contribution in [3.8, 4) is 5.75 Å². The molecule has 1 aliphatic rings. The lowest BCUT2D eigenvalue weighted by atomic mass is 10.0. The second kappa shape index (κ2) is 11.0. The molecule has 1 aliphatic heterocycles. The van der Waals surface area contributed by atoms with E-state index in [0.717, 1.165) is 43.1 Å². The summed E-state index contributed by atoms with van der Waals surface area (Å²) < 4.78 is 6.00. The van der Waals surface area contributed by atoms with Crippen LogP contribution in [0.25, 0.3) is 12.2 Å². The van der Waals surface area contributed by atoms with Crippen molar-refractivity contribution in [2.24, 2.45) is 17.6 Å². The zero-order chi connectivity index (χ0) is 21.3. The van der Waals surface area contributed by atoms with Crippen molar-refractivity contribution in [2.45, 2.75) is 26.8 Å². The van der Waals surface area contributed by atoms with Gasteiger partial charge in [-0.2, -0.15) is 0 Å². The Kier molecular flexibility index (Phi) is 8.05. The molecule has 1 atom stereocenters. The first-order valence-corrected chi connectivity index (χ1v) is 10.8. The van der Waals surface area contributed by atoms with E-state index in [1.54, 1.807) is 6.07 Å². The average Bonchev–Trinajstić information content (AvgIpc) is 3.24. The van der Waals surface area contributed by atoms with Gasteiger partial charge in [0.1, 0.15) is 5.75 Å². The monoisotopic (exact) mass is 407 g/mol. The third-order valence-electron chi connectivity index (χ3n) is 5.18. The minimum Gasteiger partial charge on any atom is -0.493 e. The van der Waals surface area contributed by atoms with E-state index in [0.29, 0.717) is 24.0 Å². The summed E-state index contributed by atoms with van der Waals surface area (Å²) in [6.45, 7) is 8.99. The summed E-state index contributed by atoms with van der Waals surface area (Å²) in [6, 6.07) is 13.7. The van der Waals surface area contributed by atoms with Crippen molar-refractivity contribution in [3.05, 3.63) is 64.7 Å². The van der Waals surface area contributed by atoms with E-state index in [9.17, 15) is 4.79 Å². The van der Waals surface area contributed by atoms with Crippen molar-refractivity contribution >= 4 is 18.1 Å². The SMILES string of the molecule is CC(C)COc1cc(/C=C/c2ccccc2C(N)=O)cc(CNCC2CCNC2)c1. The van der Waals surface area contributed by atoms with Gasteiger partial charge in [0.25, 0.3) is 0 Å². The molecule has 4 N–H and O–H groups in total. The van der Waals surface area contributed by atoms with E-state index in [1.165, 1.54) is 12.0 Å². The molecule has 1 unspecified atom stereocenters. The lowest BCUT2D eigenvalue weighted by Crippen LogP contribution is -2.24. The minimum atomic E-state index is -0.421. The van der Waals surface area contributed by atoms with Crippen molar-refractivity contribution in [3.63, 3.8) is 0 Å². The van der Waals surface area contributed by atoms with E-state index < -0.39 is 5.91 Å². The van der Waals surface area contributed by atoms with E-state index in [-0.39, 0.29) is 0 Å². The Morgan fingerprint density at radius 3 is 2.83 bits per heavy atom. The summed E-state index contributed by atoms with van der Waals surface area (Å²) in [5.41, 5.74) is 9.06. The first kappa shape index (κ1) is 22.1. The molecule has 0 radical (unpaired) electrons. The van der Waals surface area contributed by atoms with Crippen LogP contribution in [0.4, 0.5) is 0 Å². The summed E-state index contributed by atoms with van der Waals surface area (Å²) in [5, 5.41) is 6.99. The first-order valence-electron chi connectivity index (χ1n) is 10.8. The zero-order valence-corrected chi connectivity index (χ0v) is 18.0. The maximum atomic E-state index is 11.7. The quantitative estimate of drug-likeness (QED) is 0.525. The number of benzene rings is 2. The van der Waals surface area contributed by atoms with E-state index in [1.807, 2.05) is 36.4 Å². The molecule has 1 heterocycles. The van der Waals surface area contributed by atoms with Gasteiger partial charge < -0.3 is 21.1 Å². The lowest BCUT2D eigenvalue weighted by molar-refractivity contribution is 0.1000.